The summed E-state index contributed by atoms with van der Waals surface area (Å²) < 4.78 is 6.11. The van der Waals surface area contributed by atoms with Gasteiger partial charge < -0.3 is 14.5 Å². The molecule has 4 heteroatoms. The highest BCUT2D eigenvalue weighted by Crippen LogP contribution is 2.26. The Labute approximate surface area is 146 Å². The molecule has 0 saturated carbocycles. The third kappa shape index (κ3) is 4.29. The highest BCUT2D eigenvalue weighted by Gasteiger charge is 2.34. The molecule has 0 N–H and O–H groups in total. The van der Waals surface area contributed by atoms with E-state index in [2.05, 4.69) is 24.9 Å². The maximum atomic E-state index is 12.9. The summed E-state index contributed by atoms with van der Waals surface area (Å²) in [7, 11) is 4.04. The van der Waals surface area contributed by atoms with E-state index in [9.17, 15) is 4.79 Å². The second kappa shape index (κ2) is 7.56. The molecule has 134 valence electrons. The fraction of sp³-hybridized carbons (Fsp3) is 0.650. The molecule has 4 nitrogen and oxygen atoms in total. The van der Waals surface area contributed by atoms with Crippen LogP contribution >= 0.6 is 0 Å². The average molecular weight is 332 g/mol. The topological polar surface area (TPSA) is 32.8 Å². The molecule has 1 amide bonds. The summed E-state index contributed by atoms with van der Waals surface area (Å²) in [6.45, 7) is 9.69. The van der Waals surface area contributed by atoms with Gasteiger partial charge in [0.1, 0.15) is 5.75 Å². The summed E-state index contributed by atoms with van der Waals surface area (Å²) >= 11 is 0. The standard InChI is InChI=1S/C20H32N2O2/c1-15-10-9-12-18(16(15)2)24-20(3,4)19(23)22(6)14-17-11-7-8-13-21(17)5/h9-10,12,17H,7-8,11,13-14H2,1-6H3. The molecule has 1 aromatic carbocycles. The van der Waals surface area contributed by atoms with Gasteiger partial charge in [0.15, 0.2) is 5.60 Å². The maximum absolute atomic E-state index is 12.9. The van der Waals surface area contributed by atoms with Crippen LogP contribution in [0.2, 0.25) is 0 Å². The minimum atomic E-state index is -0.874. The molecule has 0 spiro atoms. The fourth-order valence-corrected chi connectivity index (χ4v) is 3.39. The average Bonchev–Trinajstić information content (AvgIpc) is 2.53. The van der Waals surface area contributed by atoms with Crippen LogP contribution in [0.15, 0.2) is 18.2 Å². The summed E-state index contributed by atoms with van der Waals surface area (Å²) in [5.41, 5.74) is 1.39. The lowest BCUT2D eigenvalue weighted by atomic mass is 10.0. The third-order valence-corrected chi connectivity index (χ3v) is 5.19. The first kappa shape index (κ1) is 18.8. The Morgan fingerprint density at radius 3 is 2.71 bits per heavy atom. The molecule has 1 aliphatic heterocycles. The van der Waals surface area contributed by atoms with Crippen LogP contribution in [0.25, 0.3) is 0 Å². The van der Waals surface area contributed by atoms with Gasteiger partial charge in [0.25, 0.3) is 5.91 Å². The molecular formula is C20H32N2O2. The minimum Gasteiger partial charge on any atom is -0.478 e. The van der Waals surface area contributed by atoms with E-state index in [4.69, 9.17) is 4.74 Å². The van der Waals surface area contributed by atoms with Crippen LogP contribution in [-0.2, 0) is 4.79 Å². The SMILES string of the molecule is Cc1cccc(OC(C)(C)C(=O)N(C)CC2CCCCN2C)c1C. The summed E-state index contributed by atoms with van der Waals surface area (Å²) in [4.78, 5) is 17.1. The van der Waals surface area contributed by atoms with Gasteiger partial charge in [0.2, 0.25) is 0 Å². The van der Waals surface area contributed by atoms with E-state index in [1.54, 1.807) is 0 Å². The van der Waals surface area contributed by atoms with Crippen LogP contribution in [0.5, 0.6) is 5.75 Å². The second-order valence-corrected chi connectivity index (χ2v) is 7.63. The summed E-state index contributed by atoms with van der Waals surface area (Å²) in [6, 6.07) is 6.41. The van der Waals surface area contributed by atoms with Gasteiger partial charge in [-0.15, -0.1) is 0 Å². The van der Waals surface area contributed by atoms with Gasteiger partial charge in [-0.3, -0.25) is 4.79 Å². The maximum Gasteiger partial charge on any atom is 0.265 e. The van der Waals surface area contributed by atoms with Crippen molar-refractivity contribution in [1.82, 2.24) is 9.80 Å². The van der Waals surface area contributed by atoms with E-state index < -0.39 is 5.60 Å². The number of likely N-dealkylation sites (N-methyl/N-ethyl adjacent to an activating group) is 2. The van der Waals surface area contributed by atoms with Crippen molar-refractivity contribution in [1.29, 1.82) is 0 Å². The van der Waals surface area contributed by atoms with Crippen molar-refractivity contribution >= 4 is 5.91 Å². The molecule has 0 bridgehead atoms. The number of piperidine rings is 1. The molecule has 0 aromatic heterocycles. The Balaban J connectivity index is 2.04. The van der Waals surface area contributed by atoms with E-state index in [-0.39, 0.29) is 5.91 Å². The van der Waals surface area contributed by atoms with Crippen molar-refractivity contribution in [2.24, 2.45) is 0 Å². The van der Waals surface area contributed by atoms with Crippen molar-refractivity contribution in [2.75, 3.05) is 27.2 Å². The predicted molar refractivity (Wildman–Crippen MR) is 98.5 cm³/mol. The molecule has 1 unspecified atom stereocenters. The number of carbonyl (C=O) groups excluding carboxylic acids is 1. The quantitative estimate of drug-likeness (QED) is 0.828. The Kier molecular flexibility index (Phi) is 5.92. The summed E-state index contributed by atoms with van der Waals surface area (Å²) in [5, 5.41) is 0. The van der Waals surface area contributed by atoms with E-state index in [0.29, 0.717) is 6.04 Å². The van der Waals surface area contributed by atoms with Gasteiger partial charge in [-0.2, -0.15) is 0 Å². The largest absolute Gasteiger partial charge is 0.478 e. The summed E-state index contributed by atoms with van der Waals surface area (Å²) in [6.07, 6.45) is 3.66. The number of benzene rings is 1. The Bertz CT molecular complexity index is 583. The van der Waals surface area contributed by atoms with Gasteiger partial charge in [0, 0.05) is 19.6 Å². The van der Waals surface area contributed by atoms with E-state index in [1.807, 2.05) is 44.9 Å². The number of rotatable bonds is 5. The van der Waals surface area contributed by atoms with E-state index in [1.165, 1.54) is 18.4 Å². The molecule has 1 atom stereocenters. The van der Waals surface area contributed by atoms with Crippen LogP contribution in [0.4, 0.5) is 0 Å². The molecule has 24 heavy (non-hydrogen) atoms. The minimum absolute atomic E-state index is 0.0300. The number of nitrogens with zero attached hydrogens (tertiary/aromatic N) is 2. The normalized spacial score (nSPS) is 19.2. The van der Waals surface area contributed by atoms with Crippen molar-refractivity contribution < 1.29 is 9.53 Å². The van der Waals surface area contributed by atoms with Crippen LogP contribution in [0.1, 0.15) is 44.2 Å². The highest BCUT2D eigenvalue weighted by molar-refractivity contribution is 5.84. The molecule has 2 rings (SSSR count). The first-order chi connectivity index (χ1) is 11.2. The number of hydrogen-bond donors (Lipinski definition) is 0. The zero-order valence-corrected chi connectivity index (χ0v) is 16.1. The van der Waals surface area contributed by atoms with Crippen LogP contribution in [-0.4, -0.2) is 54.5 Å². The van der Waals surface area contributed by atoms with Gasteiger partial charge in [-0.05, 0) is 71.3 Å². The smallest absolute Gasteiger partial charge is 0.265 e. The molecule has 1 saturated heterocycles. The lowest BCUT2D eigenvalue weighted by Gasteiger charge is -2.37. The van der Waals surface area contributed by atoms with Gasteiger partial charge in [0.05, 0.1) is 0 Å². The fourth-order valence-electron chi connectivity index (χ4n) is 3.39. The van der Waals surface area contributed by atoms with Gasteiger partial charge in [-0.1, -0.05) is 18.6 Å². The van der Waals surface area contributed by atoms with Gasteiger partial charge in [-0.25, -0.2) is 0 Å². The Hall–Kier alpha value is -1.55. The Morgan fingerprint density at radius 1 is 1.33 bits per heavy atom. The lowest BCUT2D eigenvalue weighted by molar-refractivity contribution is -0.145. The Morgan fingerprint density at radius 2 is 2.04 bits per heavy atom. The number of aryl methyl sites for hydroxylation is 1. The van der Waals surface area contributed by atoms with E-state index in [0.717, 1.165) is 30.8 Å². The van der Waals surface area contributed by atoms with Crippen molar-refractivity contribution in [3.05, 3.63) is 29.3 Å². The highest BCUT2D eigenvalue weighted by atomic mass is 16.5. The van der Waals surface area contributed by atoms with Crippen molar-refractivity contribution in [3.63, 3.8) is 0 Å². The number of amides is 1. The molecule has 1 heterocycles. The molecule has 1 aliphatic rings. The second-order valence-electron chi connectivity index (χ2n) is 7.63. The monoisotopic (exact) mass is 332 g/mol. The first-order valence-electron chi connectivity index (χ1n) is 8.93. The first-order valence-corrected chi connectivity index (χ1v) is 8.93. The van der Waals surface area contributed by atoms with Crippen molar-refractivity contribution in [3.8, 4) is 5.75 Å². The molecular weight excluding hydrogens is 300 g/mol. The van der Waals surface area contributed by atoms with Crippen LogP contribution < -0.4 is 4.74 Å². The third-order valence-electron chi connectivity index (χ3n) is 5.19. The lowest BCUT2D eigenvalue weighted by Crippen LogP contribution is -2.52. The predicted octanol–water partition coefficient (Wildman–Crippen LogP) is 3.40. The van der Waals surface area contributed by atoms with Crippen LogP contribution in [0.3, 0.4) is 0 Å². The number of carbonyl (C=O) groups is 1. The van der Waals surface area contributed by atoms with E-state index >= 15 is 0 Å². The number of ether oxygens (including phenoxy) is 1. The zero-order chi connectivity index (χ0) is 17.9. The molecule has 1 fully saturated rings. The van der Waals surface area contributed by atoms with Crippen molar-refractivity contribution in [2.45, 2.75) is 58.6 Å². The zero-order valence-electron chi connectivity index (χ0n) is 16.1. The molecule has 0 radical (unpaired) electrons. The van der Waals surface area contributed by atoms with Crippen LogP contribution in [0, 0.1) is 13.8 Å². The summed E-state index contributed by atoms with van der Waals surface area (Å²) in [5.74, 6) is 0.818. The number of likely N-dealkylation sites (tertiary alicyclic amines) is 1. The molecule has 0 aliphatic carbocycles. The van der Waals surface area contributed by atoms with Gasteiger partial charge >= 0.3 is 0 Å². The number of hydrogen-bond acceptors (Lipinski definition) is 3. The molecule has 1 aromatic rings.